The molecular formula is C13H11F2N3O2. The fourth-order valence-corrected chi connectivity index (χ4v) is 2.00. The highest BCUT2D eigenvalue weighted by molar-refractivity contribution is 5.83. The fourth-order valence-electron chi connectivity index (χ4n) is 2.00. The average molecular weight is 279 g/mol. The largest absolute Gasteiger partial charge is 0.475 e. The third kappa shape index (κ3) is 2.04. The zero-order chi connectivity index (χ0) is 14.4. The first-order valence-corrected chi connectivity index (χ1v) is 6.13. The molecular weight excluding hydrogens is 268 g/mol. The molecule has 0 saturated heterocycles. The van der Waals surface area contributed by atoms with Gasteiger partial charge in [0.15, 0.2) is 0 Å². The first-order chi connectivity index (χ1) is 9.47. The molecule has 0 amide bonds. The van der Waals surface area contributed by atoms with E-state index in [4.69, 9.17) is 5.11 Å². The standard InChI is InChI=1S/C13H11F2N3O2/c1-6-4-9(15)10(5-8(6)14)18-12(7-2-3-7)16-11(17-18)13(19)20/h4-5,7H,2-3H2,1H3,(H,19,20). The van der Waals surface area contributed by atoms with Crippen molar-refractivity contribution in [1.82, 2.24) is 14.8 Å². The molecule has 104 valence electrons. The third-order valence-electron chi connectivity index (χ3n) is 3.22. The van der Waals surface area contributed by atoms with Crippen LogP contribution in [0, 0.1) is 18.6 Å². The van der Waals surface area contributed by atoms with E-state index >= 15 is 0 Å². The molecule has 1 aromatic carbocycles. The lowest BCUT2D eigenvalue weighted by atomic mass is 10.2. The molecule has 1 aliphatic carbocycles. The van der Waals surface area contributed by atoms with E-state index in [0.29, 0.717) is 5.82 Å². The van der Waals surface area contributed by atoms with Gasteiger partial charge in [0.2, 0.25) is 0 Å². The molecule has 1 saturated carbocycles. The van der Waals surface area contributed by atoms with E-state index in [1.165, 1.54) is 6.92 Å². The summed E-state index contributed by atoms with van der Waals surface area (Å²) in [7, 11) is 0. The summed E-state index contributed by atoms with van der Waals surface area (Å²) in [6.45, 7) is 1.45. The van der Waals surface area contributed by atoms with Gasteiger partial charge in [-0.1, -0.05) is 0 Å². The van der Waals surface area contributed by atoms with E-state index in [1.807, 2.05) is 0 Å². The number of halogens is 2. The van der Waals surface area contributed by atoms with E-state index in [2.05, 4.69) is 10.1 Å². The van der Waals surface area contributed by atoms with Crippen molar-refractivity contribution in [3.05, 3.63) is 41.0 Å². The van der Waals surface area contributed by atoms with Crippen LogP contribution in [0.3, 0.4) is 0 Å². The molecule has 1 aliphatic rings. The van der Waals surface area contributed by atoms with E-state index in [0.717, 1.165) is 29.7 Å². The summed E-state index contributed by atoms with van der Waals surface area (Å²) in [6, 6.07) is 2.07. The van der Waals surface area contributed by atoms with Crippen molar-refractivity contribution in [2.75, 3.05) is 0 Å². The van der Waals surface area contributed by atoms with Crippen molar-refractivity contribution in [1.29, 1.82) is 0 Å². The normalized spacial score (nSPS) is 14.6. The molecule has 1 aromatic heterocycles. The van der Waals surface area contributed by atoms with Gasteiger partial charge in [-0.15, -0.1) is 5.10 Å². The second kappa shape index (κ2) is 4.36. The molecule has 0 radical (unpaired) electrons. The van der Waals surface area contributed by atoms with Gasteiger partial charge in [0.25, 0.3) is 5.82 Å². The van der Waals surface area contributed by atoms with Gasteiger partial charge < -0.3 is 5.11 Å². The number of aromatic carboxylic acids is 1. The number of nitrogens with zero attached hydrogens (tertiary/aromatic N) is 3. The Morgan fingerprint density at radius 1 is 1.35 bits per heavy atom. The van der Waals surface area contributed by atoms with Gasteiger partial charge in [0, 0.05) is 12.0 Å². The SMILES string of the molecule is Cc1cc(F)c(-n2nc(C(=O)O)nc2C2CC2)cc1F. The van der Waals surface area contributed by atoms with Crippen LogP contribution in [0.2, 0.25) is 0 Å². The number of carbonyl (C=O) groups is 1. The molecule has 5 nitrogen and oxygen atoms in total. The molecule has 1 fully saturated rings. The van der Waals surface area contributed by atoms with Crippen molar-refractivity contribution in [3.8, 4) is 5.69 Å². The van der Waals surface area contributed by atoms with Crippen LogP contribution < -0.4 is 0 Å². The van der Waals surface area contributed by atoms with E-state index in [9.17, 15) is 13.6 Å². The van der Waals surface area contributed by atoms with Gasteiger partial charge in [-0.25, -0.2) is 23.2 Å². The van der Waals surface area contributed by atoms with E-state index < -0.39 is 23.4 Å². The van der Waals surface area contributed by atoms with Crippen molar-refractivity contribution in [2.45, 2.75) is 25.7 Å². The summed E-state index contributed by atoms with van der Waals surface area (Å²) in [4.78, 5) is 14.8. The Kier molecular flexibility index (Phi) is 2.77. The summed E-state index contributed by atoms with van der Waals surface area (Å²) < 4.78 is 28.7. The number of rotatable bonds is 3. The molecule has 7 heteroatoms. The molecule has 0 bridgehead atoms. The first-order valence-electron chi connectivity index (χ1n) is 6.13. The second-order valence-electron chi connectivity index (χ2n) is 4.84. The Balaban J connectivity index is 2.18. The van der Waals surface area contributed by atoms with E-state index in [1.54, 1.807) is 0 Å². The summed E-state index contributed by atoms with van der Waals surface area (Å²) in [6.07, 6.45) is 1.68. The molecule has 1 heterocycles. The number of aryl methyl sites for hydroxylation is 1. The highest BCUT2D eigenvalue weighted by atomic mass is 19.1. The van der Waals surface area contributed by atoms with Gasteiger partial charge >= 0.3 is 5.97 Å². The number of carboxylic acid groups (broad SMARTS) is 1. The lowest BCUT2D eigenvalue weighted by molar-refractivity contribution is 0.0683. The molecule has 0 aliphatic heterocycles. The smallest absolute Gasteiger partial charge is 0.375 e. The Morgan fingerprint density at radius 3 is 2.65 bits per heavy atom. The third-order valence-corrected chi connectivity index (χ3v) is 3.22. The summed E-state index contributed by atoms with van der Waals surface area (Å²) in [5, 5.41) is 12.7. The predicted octanol–water partition coefficient (Wildman–Crippen LogP) is 2.43. The van der Waals surface area contributed by atoms with Crippen molar-refractivity contribution in [2.24, 2.45) is 0 Å². The maximum atomic E-state index is 14.0. The Labute approximate surface area is 112 Å². The van der Waals surface area contributed by atoms with Crippen molar-refractivity contribution in [3.63, 3.8) is 0 Å². The van der Waals surface area contributed by atoms with Gasteiger partial charge in [0.1, 0.15) is 23.1 Å². The van der Waals surface area contributed by atoms with Crippen molar-refractivity contribution >= 4 is 5.97 Å². The fraction of sp³-hybridized carbons (Fsp3) is 0.308. The number of aromatic nitrogens is 3. The molecule has 0 atom stereocenters. The van der Waals surface area contributed by atoms with Gasteiger partial charge in [-0.05, 0) is 31.4 Å². The molecule has 1 N–H and O–H groups in total. The van der Waals surface area contributed by atoms with Gasteiger partial charge in [0.05, 0.1) is 0 Å². The van der Waals surface area contributed by atoms with Gasteiger partial charge in [-0.3, -0.25) is 0 Å². The van der Waals surface area contributed by atoms with Gasteiger partial charge in [-0.2, -0.15) is 0 Å². The van der Waals surface area contributed by atoms with Crippen LogP contribution in [0.5, 0.6) is 0 Å². The Bertz CT molecular complexity index is 708. The van der Waals surface area contributed by atoms with Crippen LogP contribution in [0.1, 0.15) is 40.8 Å². The summed E-state index contributed by atoms with van der Waals surface area (Å²) in [5.74, 6) is -2.52. The number of benzene rings is 1. The maximum absolute atomic E-state index is 14.0. The lowest BCUT2D eigenvalue weighted by Gasteiger charge is -2.07. The zero-order valence-corrected chi connectivity index (χ0v) is 10.6. The predicted molar refractivity (Wildman–Crippen MR) is 64.9 cm³/mol. The van der Waals surface area contributed by atoms with Crippen LogP contribution in [0.4, 0.5) is 8.78 Å². The molecule has 20 heavy (non-hydrogen) atoms. The van der Waals surface area contributed by atoms with Crippen LogP contribution >= 0.6 is 0 Å². The highest BCUT2D eigenvalue weighted by Crippen LogP contribution is 2.40. The van der Waals surface area contributed by atoms with Crippen LogP contribution in [-0.2, 0) is 0 Å². The maximum Gasteiger partial charge on any atom is 0.375 e. The summed E-state index contributed by atoms with van der Waals surface area (Å²) in [5.41, 5.74) is 0.0628. The van der Waals surface area contributed by atoms with Crippen LogP contribution in [0.25, 0.3) is 5.69 Å². The highest BCUT2D eigenvalue weighted by Gasteiger charge is 2.32. The van der Waals surface area contributed by atoms with E-state index in [-0.39, 0.29) is 17.2 Å². The molecule has 2 aromatic rings. The quantitative estimate of drug-likeness (QED) is 0.937. The zero-order valence-electron chi connectivity index (χ0n) is 10.6. The number of hydrogen-bond donors (Lipinski definition) is 1. The lowest BCUT2D eigenvalue weighted by Crippen LogP contribution is -2.06. The summed E-state index contributed by atoms with van der Waals surface area (Å²) >= 11 is 0. The monoisotopic (exact) mass is 279 g/mol. The van der Waals surface area contributed by atoms with Crippen LogP contribution in [-0.4, -0.2) is 25.8 Å². The van der Waals surface area contributed by atoms with Crippen molar-refractivity contribution < 1.29 is 18.7 Å². The topological polar surface area (TPSA) is 68.0 Å². The second-order valence-corrected chi connectivity index (χ2v) is 4.84. The Morgan fingerprint density at radius 2 is 2.05 bits per heavy atom. The Hall–Kier alpha value is -2.31. The average Bonchev–Trinajstić information content (AvgIpc) is 3.13. The molecule has 3 rings (SSSR count). The first kappa shape index (κ1) is 12.7. The molecule has 0 unspecified atom stereocenters. The number of carboxylic acids is 1. The molecule has 0 spiro atoms. The minimum Gasteiger partial charge on any atom is -0.475 e. The van der Waals surface area contributed by atoms with Crippen LogP contribution in [0.15, 0.2) is 12.1 Å². The minimum absolute atomic E-state index is 0.0550. The minimum atomic E-state index is -1.29. The number of hydrogen-bond acceptors (Lipinski definition) is 3.